The second-order valence-electron chi connectivity index (χ2n) is 27.4. The summed E-state index contributed by atoms with van der Waals surface area (Å²) in [7, 11) is 0. The lowest BCUT2D eigenvalue weighted by atomic mass is 10.1. The van der Waals surface area contributed by atoms with E-state index in [-0.39, 0.29) is 83.7 Å². The van der Waals surface area contributed by atoms with Crippen molar-refractivity contribution in [2.24, 2.45) is 17.2 Å². The van der Waals surface area contributed by atoms with Gasteiger partial charge in [-0.25, -0.2) is 29.3 Å². The van der Waals surface area contributed by atoms with Gasteiger partial charge in [0.25, 0.3) is 40.7 Å². The topological polar surface area (TPSA) is 532 Å². The molecule has 4 fully saturated rings. The van der Waals surface area contributed by atoms with E-state index in [9.17, 15) is 68.4 Å². The third-order valence-electron chi connectivity index (χ3n) is 19.1. The number of aromatic amines is 2. The van der Waals surface area contributed by atoms with Crippen molar-refractivity contribution < 1.29 is 82.8 Å². The lowest BCUT2D eigenvalue weighted by molar-refractivity contribution is -0.163. The minimum absolute atomic E-state index is 0.0256. The van der Waals surface area contributed by atoms with E-state index in [1.807, 2.05) is 100 Å². The first-order valence-electron chi connectivity index (χ1n) is 36.7. The van der Waals surface area contributed by atoms with Crippen LogP contribution in [0.3, 0.4) is 0 Å². The lowest BCUT2D eigenvalue weighted by Gasteiger charge is -2.34. The molecule has 0 spiro atoms. The van der Waals surface area contributed by atoms with E-state index in [0.717, 1.165) is 22.3 Å². The Balaban J connectivity index is 0.000000162. The number of fused-ring (bicyclic) bond motifs is 2. The lowest BCUT2D eigenvalue weighted by Crippen LogP contribution is -2.55. The van der Waals surface area contributed by atoms with Crippen molar-refractivity contribution >= 4 is 126 Å². The highest BCUT2D eigenvalue weighted by atomic mass is 16.5. The van der Waals surface area contributed by atoms with Gasteiger partial charge in [0.05, 0.1) is 84.8 Å². The van der Waals surface area contributed by atoms with Crippen LogP contribution in [0.1, 0.15) is 72.4 Å². The SMILES string of the molecule is Cc1ccc(N2CCO[C@H]([C@@H](O)C(=O)O)C2=O)cc1.Cc1ccc(N2CCO[C@H]([C@@H](O)c3nc4ccc(C(=N)N)cc4c(=O)[nH]3)C2=O)cc1.[C-]#[N+]c1ccc(N)c(C(N)=O)c1.[C-]#[N+]c1ccc(NC(=O)[C@H](O)[C@H]2OCCN(c3ccc(C)cc3)C2=O)c(C(N)=O)c1.[C-]#[N+]c1ccc2nc([C@H](O)[C@H]3OCCN(c4ccc(C)cc4)C3=O)[nH]c(=O)c2c1. The predicted octanol–water partition coefficient (Wildman–Crippen LogP) is 5.70. The molecule has 7 amide bonds. The summed E-state index contributed by atoms with van der Waals surface area (Å²) in [5, 5.41) is 60.6. The number of benzene rings is 8. The van der Waals surface area contributed by atoms with Crippen LogP contribution in [0.25, 0.3) is 36.3 Å². The number of morpholine rings is 4. The molecule has 2 aromatic heterocycles. The van der Waals surface area contributed by atoms with Crippen molar-refractivity contribution in [3.63, 3.8) is 0 Å². The van der Waals surface area contributed by atoms with Crippen molar-refractivity contribution in [2.75, 3.05) is 83.3 Å². The van der Waals surface area contributed by atoms with Crippen LogP contribution in [0, 0.1) is 52.8 Å². The fraction of sp³-hybridized carbons (Fsp3) is 0.238. The highest BCUT2D eigenvalue weighted by molar-refractivity contribution is 6.08. The molecule has 6 heterocycles. The molecular weight excluding hydrogens is 1550 g/mol. The summed E-state index contributed by atoms with van der Waals surface area (Å²) < 4.78 is 21.5. The number of nitrogen functional groups attached to an aromatic ring is 2. The number of amides is 7. The number of carbonyl (C=O) groups excluding carboxylic acids is 7. The number of nitrogens with one attached hydrogen (secondary N) is 4. The first kappa shape index (κ1) is 87.6. The van der Waals surface area contributed by atoms with E-state index in [2.05, 4.69) is 39.8 Å². The molecule has 616 valence electrons. The monoisotopic (exact) mass is 1630 g/mol. The van der Waals surface area contributed by atoms with E-state index >= 15 is 0 Å². The van der Waals surface area contributed by atoms with Crippen molar-refractivity contribution in [3.05, 3.63) is 275 Å². The Morgan fingerprint density at radius 3 is 1.18 bits per heavy atom. The van der Waals surface area contributed by atoms with Crippen molar-refractivity contribution in [3.8, 4) is 0 Å². The van der Waals surface area contributed by atoms with Gasteiger partial charge < -0.3 is 102 Å². The molecule has 0 unspecified atom stereocenters. The molecule has 4 saturated heterocycles. The van der Waals surface area contributed by atoms with E-state index in [0.29, 0.717) is 76.0 Å². The second kappa shape index (κ2) is 39.2. The Morgan fingerprint density at radius 1 is 0.467 bits per heavy atom. The van der Waals surface area contributed by atoms with Crippen LogP contribution in [0.15, 0.2) is 179 Å². The van der Waals surface area contributed by atoms with Crippen LogP contribution < -0.4 is 59.0 Å². The van der Waals surface area contributed by atoms with Crippen LogP contribution in [0.2, 0.25) is 0 Å². The first-order chi connectivity index (χ1) is 57.3. The van der Waals surface area contributed by atoms with Crippen LogP contribution in [-0.4, -0.2) is 188 Å². The van der Waals surface area contributed by atoms with Gasteiger partial charge in [-0.15, -0.1) is 0 Å². The molecule has 4 aliphatic rings. The zero-order valence-electron chi connectivity index (χ0n) is 64.7. The Bertz CT molecular complexity index is 5830. The highest BCUT2D eigenvalue weighted by Gasteiger charge is 2.43. The van der Waals surface area contributed by atoms with Gasteiger partial charge in [0, 0.05) is 60.2 Å². The Labute approximate surface area is 683 Å². The quantitative estimate of drug-likeness (QED) is 0.0239. The van der Waals surface area contributed by atoms with Crippen LogP contribution in [0.4, 0.5) is 51.2 Å². The van der Waals surface area contributed by atoms with Gasteiger partial charge in [0.15, 0.2) is 53.7 Å². The number of aliphatic hydroxyl groups excluding tert-OH is 4. The maximum atomic E-state index is 13.0. The number of hydrogen-bond acceptors (Lipinski definition) is 22. The summed E-state index contributed by atoms with van der Waals surface area (Å²) in [4.78, 5) is 151. The largest absolute Gasteiger partial charge is 0.479 e. The van der Waals surface area contributed by atoms with E-state index in [1.54, 1.807) is 52.3 Å². The molecule has 0 bridgehead atoms. The normalized spacial score (nSPS) is 17.3. The number of aliphatic hydroxyl groups is 4. The Kier molecular flexibility index (Phi) is 28.6. The summed E-state index contributed by atoms with van der Waals surface area (Å²) >= 11 is 0. The van der Waals surface area contributed by atoms with Gasteiger partial charge >= 0.3 is 5.97 Å². The number of nitrogens with zero attached hydrogens (tertiary/aromatic N) is 9. The molecule has 8 aromatic carbocycles. The summed E-state index contributed by atoms with van der Waals surface area (Å²) in [6.45, 7) is 30.7. The van der Waals surface area contributed by atoms with Gasteiger partial charge in [-0.05, 0) is 131 Å². The molecule has 36 nitrogen and oxygen atoms in total. The number of carboxylic acids is 1. The van der Waals surface area contributed by atoms with Crippen molar-refractivity contribution in [2.45, 2.75) is 76.5 Å². The number of primary amides is 2. The number of hydrogen-bond donors (Lipinski definition) is 13. The minimum Gasteiger partial charge on any atom is -0.479 e. The van der Waals surface area contributed by atoms with Gasteiger partial charge in [0.2, 0.25) is 11.8 Å². The third kappa shape index (κ3) is 20.9. The smallest absolute Gasteiger partial charge is 0.335 e. The molecule has 36 heteroatoms. The summed E-state index contributed by atoms with van der Waals surface area (Å²) in [5.41, 5.74) is 29.5. The average Bonchev–Trinajstić information content (AvgIpc) is 0.786. The highest BCUT2D eigenvalue weighted by Crippen LogP contribution is 2.31. The van der Waals surface area contributed by atoms with E-state index in [1.165, 1.54) is 64.4 Å². The number of H-pyrrole nitrogens is 2. The maximum absolute atomic E-state index is 13.0. The maximum Gasteiger partial charge on any atom is 0.335 e. The van der Waals surface area contributed by atoms with E-state index in [4.69, 9.17) is 72.1 Å². The van der Waals surface area contributed by atoms with Crippen LogP contribution in [-0.2, 0) is 47.7 Å². The second-order valence-corrected chi connectivity index (χ2v) is 27.4. The summed E-state index contributed by atoms with van der Waals surface area (Å²) in [6.07, 6.45) is -11.7. The van der Waals surface area contributed by atoms with Crippen molar-refractivity contribution in [1.29, 1.82) is 5.41 Å². The molecule has 8 atom stereocenters. The summed E-state index contributed by atoms with van der Waals surface area (Å²) in [6, 6.07) is 47.0. The third-order valence-corrected chi connectivity index (χ3v) is 19.1. The standard InChI is InChI=1S/C21H21N5O4.C21H20N4O5.C21H18N4O4.C13H15NO5.C8H7N3O/c1-11-2-5-13(6-3-11)26-8-9-30-17(21(26)29)16(27)19-24-15-7-4-12(18(22)23)10-14(15)20(28)25-19;1-12-3-6-14(7-4-12)25-9-10-30-18(21(25)29)17(26)20(28)24-16-8-5-13(23-2)11-15(16)19(22)27;1-12-3-6-14(7-4-12)25-9-10-29-18(21(25)28)17(26)19-23-16-8-5-13(22-2)11-15(16)20(27)24-19;1-8-2-4-9(5-3-8)14-6-7-19-11(12(14)16)10(15)13(17)18;1-11-5-2-3-7(9)6(4-5)8(10)12/h2-7,10,16-17,27H,8-9H2,1H3,(H3,22,23)(H,24,25,28);3-8,11,17-18,26H,9-10H2,1H3,(H2,22,27)(H,24,28);3-8,11,17-18,26H,9-10H2,1H3,(H,23,24,27);2-5,10-11,15H,6-7H2,1H3,(H,17,18);2-4H,9H2,(H2,10,12)/t16-,17-;2*17-,18-;10-,11-;/m1111./s1. The Morgan fingerprint density at radius 2 is 0.800 bits per heavy atom. The number of aliphatic carboxylic acids is 1. The van der Waals surface area contributed by atoms with Crippen molar-refractivity contribution in [1.82, 2.24) is 19.9 Å². The number of carbonyl (C=O) groups is 8. The number of anilines is 6. The van der Waals surface area contributed by atoms with Gasteiger partial charge in [-0.3, -0.25) is 48.6 Å². The van der Waals surface area contributed by atoms with E-state index < -0.39 is 107 Å². The molecule has 0 aliphatic carbocycles. The number of ether oxygens (including phenoxy) is 4. The number of aryl methyl sites for hydroxylation is 4. The molecule has 0 radical (unpaired) electrons. The van der Waals surface area contributed by atoms with Gasteiger partial charge in [-0.2, -0.15) is 0 Å². The number of rotatable bonds is 16. The zero-order valence-corrected chi connectivity index (χ0v) is 64.7. The molecule has 4 aliphatic heterocycles. The fourth-order valence-electron chi connectivity index (χ4n) is 12.6. The van der Waals surface area contributed by atoms with Gasteiger partial charge in [0.1, 0.15) is 29.7 Å². The number of carboxylic acid groups (broad SMARTS) is 1. The number of amidine groups is 1. The Hall–Kier alpha value is -14.8. The molecule has 10 aromatic rings. The fourth-order valence-corrected chi connectivity index (χ4v) is 12.6. The average molecular weight is 1630 g/mol. The van der Waals surface area contributed by atoms with Gasteiger partial charge in [-0.1, -0.05) is 89.0 Å². The zero-order chi connectivity index (χ0) is 86.9. The molecular formula is C84H81N17O19. The van der Waals surface area contributed by atoms with Crippen LogP contribution >= 0.6 is 0 Å². The molecule has 120 heavy (non-hydrogen) atoms. The molecule has 14 rings (SSSR count). The summed E-state index contributed by atoms with van der Waals surface area (Å²) in [5.74, 6) is -6.05. The first-order valence-corrected chi connectivity index (χ1v) is 36.7. The predicted molar refractivity (Wildman–Crippen MR) is 440 cm³/mol. The molecule has 17 N–H and O–H groups in total. The minimum atomic E-state index is -1.85. The van der Waals surface area contributed by atoms with Crippen LogP contribution in [0.5, 0.6) is 0 Å². The number of nitrogens with two attached hydrogens (primary N) is 4. The number of aromatic nitrogens is 4. The molecule has 0 saturated carbocycles.